The molecule has 0 amide bonds. The van der Waals surface area contributed by atoms with Crippen LogP contribution in [0.1, 0.15) is 58.3 Å². The van der Waals surface area contributed by atoms with Gasteiger partial charge in [-0.15, -0.1) is 0 Å². The molecule has 1 aliphatic carbocycles. The van der Waals surface area contributed by atoms with Gasteiger partial charge in [-0.25, -0.2) is 0 Å². The molecule has 1 fully saturated rings. The van der Waals surface area contributed by atoms with E-state index in [2.05, 4.69) is 13.7 Å². The van der Waals surface area contributed by atoms with Crippen molar-refractivity contribution in [2.24, 2.45) is 0 Å². The number of hydrogen-bond donors (Lipinski definition) is 0. The molecule has 0 saturated heterocycles. The molecular formula is C11H23B. The van der Waals surface area contributed by atoms with Crippen molar-refractivity contribution in [3.05, 3.63) is 0 Å². The van der Waals surface area contributed by atoms with Crippen LogP contribution >= 0.6 is 0 Å². The monoisotopic (exact) mass is 166 g/mol. The first-order chi connectivity index (χ1) is 5.83. The van der Waals surface area contributed by atoms with E-state index >= 15 is 0 Å². The minimum absolute atomic E-state index is 0.737. The first kappa shape index (κ1) is 10.1. The average Bonchev–Trinajstić information content (AvgIpc) is 2.06. The standard InChI is InChI=1S/C11H23B/c1-3-11(12-2)9-7-5-4-6-8-10-11/h12H,3-10H2,1-2H3. The second-order valence-electron chi connectivity index (χ2n) is 4.47. The minimum Gasteiger partial charge on any atom is -0.0888 e. The van der Waals surface area contributed by atoms with Gasteiger partial charge < -0.3 is 0 Å². The van der Waals surface area contributed by atoms with Gasteiger partial charge in [0, 0.05) is 0 Å². The van der Waals surface area contributed by atoms with Gasteiger partial charge in [0.1, 0.15) is 7.28 Å². The smallest absolute Gasteiger partial charge is 0.0888 e. The highest BCUT2D eigenvalue weighted by Crippen LogP contribution is 2.42. The number of hydrogen-bond acceptors (Lipinski definition) is 0. The third-order valence-corrected chi connectivity index (χ3v) is 3.91. The molecule has 0 spiro atoms. The summed E-state index contributed by atoms with van der Waals surface area (Å²) in [5.41, 5.74) is 0. The van der Waals surface area contributed by atoms with E-state index in [1.54, 1.807) is 0 Å². The summed E-state index contributed by atoms with van der Waals surface area (Å²) in [7, 11) is 1.41. The molecule has 0 aromatic rings. The van der Waals surface area contributed by atoms with E-state index in [0.29, 0.717) is 0 Å². The molecule has 0 aromatic heterocycles. The molecule has 0 unspecified atom stereocenters. The van der Waals surface area contributed by atoms with Crippen LogP contribution in [-0.4, -0.2) is 7.28 Å². The maximum absolute atomic E-state index is 2.38. The molecule has 1 heteroatoms. The van der Waals surface area contributed by atoms with Crippen LogP contribution in [0.5, 0.6) is 0 Å². The zero-order chi connectivity index (χ0) is 8.86. The molecule has 0 radical (unpaired) electrons. The highest BCUT2D eigenvalue weighted by molar-refractivity contribution is 6.38. The predicted molar refractivity (Wildman–Crippen MR) is 58.3 cm³/mol. The summed E-state index contributed by atoms with van der Waals surface area (Å²) in [6.45, 7) is 4.76. The van der Waals surface area contributed by atoms with E-state index in [4.69, 9.17) is 0 Å². The lowest BCUT2D eigenvalue weighted by Crippen LogP contribution is -2.19. The molecule has 1 rings (SSSR count). The van der Waals surface area contributed by atoms with Crippen LogP contribution in [0.2, 0.25) is 12.1 Å². The van der Waals surface area contributed by atoms with E-state index in [1.165, 1.54) is 58.6 Å². The molecule has 0 aromatic carbocycles. The highest BCUT2D eigenvalue weighted by Gasteiger charge is 2.26. The molecule has 0 aliphatic heterocycles. The van der Waals surface area contributed by atoms with Crippen LogP contribution in [0.25, 0.3) is 0 Å². The van der Waals surface area contributed by atoms with Gasteiger partial charge >= 0.3 is 0 Å². The van der Waals surface area contributed by atoms with E-state index in [-0.39, 0.29) is 0 Å². The van der Waals surface area contributed by atoms with E-state index in [1.807, 2.05) is 0 Å². The van der Waals surface area contributed by atoms with Gasteiger partial charge in [-0.1, -0.05) is 70.4 Å². The first-order valence-electron chi connectivity index (χ1n) is 5.83. The van der Waals surface area contributed by atoms with Crippen molar-refractivity contribution in [3.8, 4) is 0 Å². The Balaban J connectivity index is 2.45. The molecule has 70 valence electrons. The lowest BCUT2D eigenvalue weighted by molar-refractivity contribution is 0.384. The fourth-order valence-corrected chi connectivity index (χ4v) is 2.61. The Kier molecular flexibility index (Phi) is 4.18. The largest absolute Gasteiger partial charge is 0.124 e. The zero-order valence-corrected chi connectivity index (χ0v) is 8.86. The quantitative estimate of drug-likeness (QED) is 0.547. The first-order valence-corrected chi connectivity index (χ1v) is 5.83. The van der Waals surface area contributed by atoms with E-state index in [9.17, 15) is 0 Å². The molecular weight excluding hydrogens is 143 g/mol. The maximum atomic E-state index is 2.38. The lowest BCUT2D eigenvalue weighted by atomic mass is 9.48. The van der Waals surface area contributed by atoms with Crippen molar-refractivity contribution in [1.29, 1.82) is 0 Å². The fourth-order valence-electron chi connectivity index (χ4n) is 2.61. The second kappa shape index (κ2) is 4.94. The van der Waals surface area contributed by atoms with Crippen LogP contribution in [-0.2, 0) is 0 Å². The third-order valence-electron chi connectivity index (χ3n) is 3.91. The van der Waals surface area contributed by atoms with Gasteiger partial charge in [-0.2, -0.15) is 0 Å². The molecule has 1 aliphatic rings. The Morgan fingerprint density at radius 2 is 1.50 bits per heavy atom. The Morgan fingerprint density at radius 3 is 1.92 bits per heavy atom. The summed E-state index contributed by atoms with van der Waals surface area (Å²) >= 11 is 0. The SMILES string of the molecule is CBC1(CC)CCCCCCC1. The van der Waals surface area contributed by atoms with Crippen molar-refractivity contribution in [3.63, 3.8) is 0 Å². The topological polar surface area (TPSA) is 0 Å². The summed E-state index contributed by atoms with van der Waals surface area (Å²) in [5.74, 6) is 0. The molecule has 0 heterocycles. The van der Waals surface area contributed by atoms with Crippen molar-refractivity contribution < 1.29 is 0 Å². The van der Waals surface area contributed by atoms with Gasteiger partial charge in [-0.3, -0.25) is 0 Å². The lowest BCUT2D eigenvalue weighted by Gasteiger charge is -2.33. The highest BCUT2D eigenvalue weighted by atomic mass is 14.2. The normalized spacial score (nSPS) is 24.2. The van der Waals surface area contributed by atoms with Crippen molar-refractivity contribution >= 4 is 7.28 Å². The Morgan fingerprint density at radius 1 is 1.00 bits per heavy atom. The maximum Gasteiger partial charge on any atom is 0.124 e. The molecule has 0 nitrogen and oxygen atoms in total. The summed E-state index contributed by atoms with van der Waals surface area (Å²) in [4.78, 5) is 0. The summed E-state index contributed by atoms with van der Waals surface area (Å²) in [5, 5.41) is 0.737. The minimum atomic E-state index is 0.737. The van der Waals surface area contributed by atoms with Gasteiger partial charge in [0.25, 0.3) is 0 Å². The van der Waals surface area contributed by atoms with Crippen LogP contribution in [0.4, 0.5) is 0 Å². The number of rotatable bonds is 2. The molecule has 0 N–H and O–H groups in total. The third kappa shape index (κ3) is 2.53. The summed E-state index contributed by atoms with van der Waals surface area (Å²) < 4.78 is 0. The van der Waals surface area contributed by atoms with Gasteiger partial charge in [0.15, 0.2) is 0 Å². The predicted octanol–water partition coefficient (Wildman–Crippen LogP) is 3.78. The molecule has 0 atom stereocenters. The molecule has 1 saturated carbocycles. The van der Waals surface area contributed by atoms with Crippen LogP contribution in [0, 0.1) is 0 Å². The van der Waals surface area contributed by atoms with Gasteiger partial charge in [-0.05, 0) is 0 Å². The van der Waals surface area contributed by atoms with Crippen LogP contribution in [0.3, 0.4) is 0 Å². The Labute approximate surface area is 78.4 Å². The van der Waals surface area contributed by atoms with Crippen molar-refractivity contribution in [1.82, 2.24) is 0 Å². The zero-order valence-electron chi connectivity index (χ0n) is 8.86. The molecule has 12 heavy (non-hydrogen) atoms. The molecule has 0 bridgehead atoms. The van der Waals surface area contributed by atoms with E-state index in [0.717, 1.165) is 5.31 Å². The Bertz CT molecular complexity index is 106. The van der Waals surface area contributed by atoms with E-state index < -0.39 is 0 Å². The van der Waals surface area contributed by atoms with Gasteiger partial charge in [0.2, 0.25) is 0 Å². The van der Waals surface area contributed by atoms with Crippen LogP contribution < -0.4 is 0 Å². The van der Waals surface area contributed by atoms with Crippen molar-refractivity contribution in [2.45, 2.75) is 70.4 Å². The summed E-state index contributed by atoms with van der Waals surface area (Å²) in [6.07, 6.45) is 11.8. The summed E-state index contributed by atoms with van der Waals surface area (Å²) in [6, 6.07) is 0. The second-order valence-corrected chi connectivity index (χ2v) is 4.47. The van der Waals surface area contributed by atoms with Crippen molar-refractivity contribution in [2.75, 3.05) is 0 Å². The Hall–Kier alpha value is 0.0649. The fraction of sp³-hybridized carbons (Fsp3) is 1.00. The van der Waals surface area contributed by atoms with Crippen LogP contribution in [0.15, 0.2) is 0 Å². The average molecular weight is 166 g/mol. The van der Waals surface area contributed by atoms with Gasteiger partial charge in [0.05, 0.1) is 0 Å².